The molecule has 0 saturated heterocycles. The Labute approximate surface area is 95.9 Å². The van der Waals surface area contributed by atoms with Gasteiger partial charge in [-0.2, -0.15) is 0 Å². The van der Waals surface area contributed by atoms with Crippen molar-refractivity contribution in [3.8, 4) is 0 Å². The molecule has 0 aliphatic carbocycles. The highest BCUT2D eigenvalue weighted by atomic mass is 79.9. The van der Waals surface area contributed by atoms with Gasteiger partial charge in [0, 0.05) is 4.47 Å². The summed E-state index contributed by atoms with van der Waals surface area (Å²) in [6.45, 7) is 8.99. The summed E-state index contributed by atoms with van der Waals surface area (Å²) in [4.78, 5) is 0. The Bertz CT molecular complexity index is 300. The minimum Gasteiger partial charge on any atom is -0.0625 e. The molecule has 1 aromatic rings. The molecule has 0 atom stereocenters. The van der Waals surface area contributed by atoms with Gasteiger partial charge in [-0.25, -0.2) is 0 Å². The monoisotopic (exact) mass is 254 g/mol. The van der Waals surface area contributed by atoms with Crippen LogP contribution in [0.3, 0.4) is 0 Å². The molecule has 0 unspecified atom stereocenters. The van der Waals surface area contributed by atoms with Gasteiger partial charge in [-0.1, -0.05) is 49.7 Å². The third kappa shape index (κ3) is 3.45. The topological polar surface area (TPSA) is 0 Å². The van der Waals surface area contributed by atoms with Gasteiger partial charge in [-0.15, -0.1) is 0 Å². The van der Waals surface area contributed by atoms with E-state index in [0.29, 0.717) is 5.92 Å². The van der Waals surface area contributed by atoms with Crippen LogP contribution in [0.5, 0.6) is 0 Å². The minimum absolute atomic E-state index is 0.610. The molecule has 0 saturated carbocycles. The van der Waals surface area contributed by atoms with Gasteiger partial charge in [0.05, 0.1) is 0 Å². The molecule has 1 rings (SSSR count). The minimum atomic E-state index is 0.610. The van der Waals surface area contributed by atoms with Crippen molar-refractivity contribution in [2.24, 2.45) is 5.92 Å². The van der Waals surface area contributed by atoms with Crippen molar-refractivity contribution in [1.82, 2.24) is 0 Å². The molecule has 78 valence electrons. The third-order valence-electron chi connectivity index (χ3n) is 2.29. The number of halogens is 1. The first kappa shape index (κ1) is 11.8. The van der Waals surface area contributed by atoms with E-state index in [0.717, 1.165) is 5.92 Å². The zero-order valence-corrected chi connectivity index (χ0v) is 11.1. The highest BCUT2D eigenvalue weighted by molar-refractivity contribution is 9.10. The number of hydrogen-bond acceptors (Lipinski definition) is 0. The van der Waals surface area contributed by atoms with Crippen LogP contribution in [0.15, 0.2) is 22.7 Å². The van der Waals surface area contributed by atoms with Gasteiger partial charge in [-0.05, 0) is 41.5 Å². The van der Waals surface area contributed by atoms with Gasteiger partial charge >= 0.3 is 0 Å². The van der Waals surface area contributed by atoms with Crippen molar-refractivity contribution < 1.29 is 0 Å². The van der Waals surface area contributed by atoms with Gasteiger partial charge in [0.2, 0.25) is 0 Å². The Morgan fingerprint density at radius 3 is 2.21 bits per heavy atom. The standard InChI is InChI=1S/C13H19Br/c1-9(2)5-11-6-12(10(3)4)8-13(14)7-11/h6-10H,5H2,1-4H3. The van der Waals surface area contributed by atoms with Crippen molar-refractivity contribution >= 4 is 15.9 Å². The molecule has 0 amide bonds. The summed E-state index contributed by atoms with van der Waals surface area (Å²) in [6.07, 6.45) is 1.17. The van der Waals surface area contributed by atoms with Crippen LogP contribution in [-0.4, -0.2) is 0 Å². The molecule has 0 fully saturated rings. The summed E-state index contributed by atoms with van der Waals surface area (Å²) < 4.78 is 1.21. The Morgan fingerprint density at radius 1 is 1.07 bits per heavy atom. The predicted molar refractivity (Wildman–Crippen MR) is 66.8 cm³/mol. The van der Waals surface area contributed by atoms with E-state index in [2.05, 4.69) is 61.8 Å². The van der Waals surface area contributed by atoms with Gasteiger partial charge in [0.1, 0.15) is 0 Å². The van der Waals surface area contributed by atoms with Crippen molar-refractivity contribution in [3.05, 3.63) is 33.8 Å². The maximum Gasteiger partial charge on any atom is 0.0180 e. The zero-order chi connectivity index (χ0) is 10.7. The summed E-state index contributed by atoms with van der Waals surface area (Å²) in [5.74, 6) is 1.34. The average Bonchev–Trinajstić information content (AvgIpc) is 2.01. The molecule has 1 aromatic carbocycles. The normalized spacial score (nSPS) is 11.4. The van der Waals surface area contributed by atoms with Crippen LogP contribution in [-0.2, 0) is 6.42 Å². The molecule has 0 spiro atoms. The summed E-state index contributed by atoms with van der Waals surface area (Å²) in [5.41, 5.74) is 2.87. The van der Waals surface area contributed by atoms with E-state index in [1.165, 1.54) is 22.0 Å². The van der Waals surface area contributed by atoms with Crippen molar-refractivity contribution in [1.29, 1.82) is 0 Å². The first-order chi connectivity index (χ1) is 6.49. The summed E-state index contributed by atoms with van der Waals surface area (Å²) >= 11 is 3.57. The van der Waals surface area contributed by atoms with Crippen LogP contribution in [0.2, 0.25) is 0 Å². The Morgan fingerprint density at radius 2 is 1.71 bits per heavy atom. The van der Waals surface area contributed by atoms with Crippen LogP contribution in [0.25, 0.3) is 0 Å². The molecule has 14 heavy (non-hydrogen) atoms. The third-order valence-corrected chi connectivity index (χ3v) is 2.75. The van der Waals surface area contributed by atoms with Crippen LogP contribution in [0, 0.1) is 5.92 Å². The average molecular weight is 255 g/mol. The molecule has 0 radical (unpaired) electrons. The maximum atomic E-state index is 3.57. The number of rotatable bonds is 3. The Kier molecular flexibility index (Phi) is 4.18. The maximum absolute atomic E-state index is 3.57. The van der Waals surface area contributed by atoms with E-state index in [4.69, 9.17) is 0 Å². The molecular weight excluding hydrogens is 236 g/mol. The molecular formula is C13H19Br. The smallest absolute Gasteiger partial charge is 0.0180 e. The molecule has 0 aromatic heterocycles. The van der Waals surface area contributed by atoms with Gasteiger partial charge in [-0.3, -0.25) is 0 Å². The van der Waals surface area contributed by atoms with Crippen molar-refractivity contribution in [3.63, 3.8) is 0 Å². The molecule has 1 heteroatoms. The Balaban J connectivity index is 2.95. The van der Waals surface area contributed by atoms with Crippen LogP contribution in [0.1, 0.15) is 44.7 Å². The van der Waals surface area contributed by atoms with Crippen LogP contribution >= 0.6 is 15.9 Å². The molecule has 0 heterocycles. The van der Waals surface area contributed by atoms with E-state index < -0.39 is 0 Å². The fourth-order valence-electron chi connectivity index (χ4n) is 1.60. The van der Waals surface area contributed by atoms with Crippen LogP contribution < -0.4 is 0 Å². The van der Waals surface area contributed by atoms with Crippen LogP contribution in [0.4, 0.5) is 0 Å². The van der Waals surface area contributed by atoms with Crippen molar-refractivity contribution in [2.75, 3.05) is 0 Å². The highest BCUT2D eigenvalue weighted by Gasteiger charge is 2.04. The lowest BCUT2D eigenvalue weighted by Crippen LogP contribution is -1.96. The zero-order valence-electron chi connectivity index (χ0n) is 9.47. The van der Waals surface area contributed by atoms with E-state index in [9.17, 15) is 0 Å². The first-order valence-electron chi connectivity index (χ1n) is 5.28. The van der Waals surface area contributed by atoms with E-state index >= 15 is 0 Å². The van der Waals surface area contributed by atoms with Gasteiger partial charge < -0.3 is 0 Å². The predicted octanol–water partition coefficient (Wildman–Crippen LogP) is 4.77. The quantitative estimate of drug-likeness (QED) is 0.729. The van der Waals surface area contributed by atoms with E-state index in [1.54, 1.807) is 0 Å². The summed E-state index contributed by atoms with van der Waals surface area (Å²) in [5, 5.41) is 0. The fraction of sp³-hybridized carbons (Fsp3) is 0.538. The second-order valence-corrected chi connectivity index (χ2v) is 5.56. The van der Waals surface area contributed by atoms with E-state index in [-0.39, 0.29) is 0 Å². The SMILES string of the molecule is CC(C)Cc1cc(Br)cc(C(C)C)c1. The fourth-order valence-corrected chi connectivity index (χ4v) is 2.16. The lowest BCUT2D eigenvalue weighted by atomic mass is 9.97. The number of hydrogen-bond donors (Lipinski definition) is 0. The largest absolute Gasteiger partial charge is 0.0625 e. The molecule has 0 N–H and O–H groups in total. The second kappa shape index (κ2) is 4.97. The number of benzene rings is 1. The van der Waals surface area contributed by atoms with E-state index in [1.807, 2.05) is 0 Å². The Hall–Kier alpha value is -0.300. The first-order valence-corrected chi connectivity index (χ1v) is 6.07. The summed E-state index contributed by atoms with van der Waals surface area (Å²) in [6, 6.07) is 6.77. The van der Waals surface area contributed by atoms with Gasteiger partial charge in [0.15, 0.2) is 0 Å². The summed E-state index contributed by atoms with van der Waals surface area (Å²) in [7, 11) is 0. The lowest BCUT2D eigenvalue weighted by Gasteiger charge is -2.11. The molecule has 0 bridgehead atoms. The lowest BCUT2D eigenvalue weighted by molar-refractivity contribution is 0.646. The van der Waals surface area contributed by atoms with Crippen molar-refractivity contribution in [2.45, 2.75) is 40.0 Å². The second-order valence-electron chi connectivity index (χ2n) is 4.65. The highest BCUT2D eigenvalue weighted by Crippen LogP contribution is 2.23. The molecule has 0 aliphatic rings. The van der Waals surface area contributed by atoms with Gasteiger partial charge in [0.25, 0.3) is 0 Å². The molecule has 0 nitrogen and oxygen atoms in total. The molecule has 0 aliphatic heterocycles.